The van der Waals surface area contributed by atoms with Crippen LogP contribution in [0.5, 0.6) is 5.75 Å². The van der Waals surface area contributed by atoms with Gasteiger partial charge in [0.1, 0.15) is 11.6 Å². The second kappa shape index (κ2) is 5.14. The number of pyridine rings is 1. The topological polar surface area (TPSA) is 60.2 Å². The Balaban J connectivity index is 2.28. The molecule has 0 bridgehead atoms. The van der Waals surface area contributed by atoms with Crippen LogP contribution in [0.2, 0.25) is 5.02 Å². The zero-order valence-corrected chi connectivity index (χ0v) is 11.0. The van der Waals surface area contributed by atoms with E-state index in [2.05, 4.69) is 10.3 Å². The summed E-state index contributed by atoms with van der Waals surface area (Å²) in [6.07, 6.45) is 1.56. The number of rotatable bonds is 3. The highest BCUT2D eigenvalue weighted by molar-refractivity contribution is 6.33. The maximum absolute atomic E-state index is 6.06. The van der Waals surface area contributed by atoms with E-state index in [1.54, 1.807) is 19.4 Å². The van der Waals surface area contributed by atoms with Gasteiger partial charge in [-0.25, -0.2) is 4.98 Å². The summed E-state index contributed by atoms with van der Waals surface area (Å²) in [6.45, 7) is 1.98. The molecule has 0 amide bonds. The predicted molar refractivity (Wildman–Crippen MR) is 74.7 cm³/mol. The monoisotopic (exact) mass is 263 g/mol. The molecule has 0 aliphatic carbocycles. The number of anilines is 3. The fraction of sp³-hybridized carbons (Fsp3) is 0.154. The number of benzene rings is 1. The van der Waals surface area contributed by atoms with Crippen LogP contribution in [0.15, 0.2) is 30.5 Å². The van der Waals surface area contributed by atoms with E-state index in [1.165, 1.54) is 0 Å². The fourth-order valence-corrected chi connectivity index (χ4v) is 1.80. The van der Waals surface area contributed by atoms with E-state index >= 15 is 0 Å². The van der Waals surface area contributed by atoms with Gasteiger partial charge in [0.05, 0.1) is 24.0 Å². The highest BCUT2D eigenvalue weighted by Gasteiger charge is 2.05. The van der Waals surface area contributed by atoms with E-state index in [1.807, 2.05) is 25.1 Å². The van der Waals surface area contributed by atoms with Crippen LogP contribution >= 0.6 is 11.6 Å². The molecule has 0 radical (unpaired) electrons. The Labute approximate surface area is 111 Å². The average Bonchev–Trinajstić information content (AvgIpc) is 2.34. The number of halogens is 1. The number of nitrogens with one attached hydrogen (secondary N) is 1. The lowest BCUT2D eigenvalue weighted by molar-refractivity contribution is 0.414. The normalized spacial score (nSPS) is 10.2. The van der Waals surface area contributed by atoms with E-state index in [0.717, 1.165) is 17.0 Å². The third-order valence-electron chi connectivity index (χ3n) is 2.55. The minimum atomic E-state index is 0.491. The van der Waals surface area contributed by atoms with Crippen LogP contribution in [0, 0.1) is 6.92 Å². The van der Waals surface area contributed by atoms with Crippen molar-refractivity contribution in [3.05, 3.63) is 41.0 Å². The molecule has 0 fully saturated rings. The quantitative estimate of drug-likeness (QED) is 0.891. The van der Waals surface area contributed by atoms with Crippen molar-refractivity contribution in [1.29, 1.82) is 0 Å². The first-order chi connectivity index (χ1) is 8.60. The second-order valence-electron chi connectivity index (χ2n) is 3.90. The Morgan fingerprint density at radius 1 is 1.33 bits per heavy atom. The molecular weight excluding hydrogens is 250 g/mol. The molecular formula is C13H14ClN3O. The largest absolute Gasteiger partial charge is 0.497 e. The van der Waals surface area contributed by atoms with Crippen LogP contribution in [-0.4, -0.2) is 12.1 Å². The zero-order chi connectivity index (χ0) is 13.1. The van der Waals surface area contributed by atoms with Crippen molar-refractivity contribution in [2.45, 2.75) is 6.92 Å². The molecule has 4 nitrogen and oxygen atoms in total. The molecule has 0 aliphatic rings. The number of nitrogens with zero attached hydrogens (tertiary/aromatic N) is 1. The van der Waals surface area contributed by atoms with Gasteiger partial charge < -0.3 is 15.8 Å². The van der Waals surface area contributed by atoms with Gasteiger partial charge in [-0.2, -0.15) is 0 Å². The van der Waals surface area contributed by atoms with Crippen LogP contribution in [0.4, 0.5) is 17.2 Å². The van der Waals surface area contributed by atoms with E-state index in [4.69, 9.17) is 22.1 Å². The lowest BCUT2D eigenvalue weighted by Gasteiger charge is -2.11. The summed E-state index contributed by atoms with van der Waals surface area (Å²) in [4.78, 5) is 4.16. The molecule has 2 rings (SSSR count). The highest BCUT2D eigenvalue weighted by atomic mass is 35.5. The molecule has 1 heterocycles. The molecule has 94 valence electrons. The maximum Gasteiger partial charge on any atom is 0.149 e. The van der Waals surface area contributed by atoms with E-state index in [0.29, 0.717) is 16.5 Å². The SMILES string of the molecule is COc1ccc(Nc2ncc(N)cc2Cl)c(C)c1. The van der Waals surface area contributed by atoms with E-state index in [9.17, 15) is 0 Å². The molecule has 18 heavy (non-hydrogen) atoms. The maximum atomic E-state index is 6.06. The molecule has 1 aromatic heterocycles. The molecule has 0 spiro atoms. The standard InChI is InChI=1S/C13H14ClN3O/c1-8-5-10(18-2)3-4-12(8)17-13-11(14)6-9(15)7-16-13/h3-7H,15H2,1-2H3,(H,16,17). The molecule has 0 saturated heterocycles. The number of nitrogen functional groups attached to an aromatic ring is 1. The van der Waals surface area contributed by atoms with Crippen molar-refractivity contribution in [2.24, 2.45) is 0 Å². The average molecular weight is 264 g/mol. The molecule has 0 atom stereocenters. The summed E-state index contributed by atoms with van der Waals surface area (Å²) < 4.78 is 5.15. The van der Waals surface area contributed by atoms with Crippen molar-refractivity contribution in [3.8, 4) is 5.75 Å². The molecule has 0 unspecified atom stereocenters. The summed E-state index contributed by atoms with van der Waals surface area (Å²) in [5, 5.41) is 3.66. The number of aromatic nitrogens is 1. The lowest BCUT2D eigenvalue weighted by atomic mass is 10.2. The number of aryl methyl sites for hydroxylation is 1. The first kappa shape index (κ1) is 12.5. The third kappa shape index (κ3) is 2.65. The molecule has 2 aromatic rings. The van der Waals surface area contributed by atoms with E-state index in [-0.39, 0.29) is 0 Å². The van der Waals surface area contributed by atoms with Crippen LogP contribution < -0.4 is 15.8 Å². The molecule has 1 aromatic carbocycles. The Hall–Kier alpha value is -1.94. The zero-order valence-electron chi connectivity index (χ0n) is 10.2. The Bertz CT molecular complexity index is 572. The van der Waals surface area contributed by atoms with Gasteiger partial charge in [-0.3, -0.25) is 0 Å². The molecule has 3 N–H and O–H groups in total. The van der Waals surface area contributed by atoms with Gasteiger partial charge in [0, 0.05) is 5.69 Å². The summed E-state index contributed by atoms with van der Waals surface area (Å²) >= 11 is 6.06. The minimum absolute atomic E-state index is 0.491. The molecule has 0 aliphatic heterocycles. The van der Waals surface area contributed by atoms with Gasteiger partial charge >= 0.3 is 0 Å². The Kier molecular flexibility index (Phi) is 3.58. The van der Waals surface area contributed by atoms with Gasteiger partial charge in [0.25, 0.3) is 0 Å². The predicted octanol–water partition coefficient (Wildman–Crippen LogP) is 3.38. The van der Waals surface area contributed by atoms with Crippen molar-refractivity contribution in [1.82, 2.24) is 4.98 Å². The fourth-order valence-electron chi connectivity index (χ4n) is 1.58. The number of hydrogen-bond donors (Lipinski definition) is 2. The summed E-state index contributed by atoms with van der Waals surface area (Å²) in [6, 6.07) is 7.40. The minimum Gasteiger partial charge on any atom is -0.497 e. The van der Waals surface area contributed by atoms with Gasteiger partial charge in [-0.15, -0.1) is 0 Å². The first-order valence-corrected chi connectivity index (χ1v) is 5.80. The van der Waals surface area contributed by atoms with Crippen LogP contribution in [0.25, 0.3) is 0 Å². The highest BCUT2D eigenvalue weighted by Crippen LogP contribution is 2.28. The summed E-state index contributed by atoms with van der Waals surface area (Å²) in [5.74, 6) is 1.40. The number of nitrogens with two attached hydrogens (primary N) is 1. The van der Waals surface area contributed by atoms with Gasteiger partial charge in [-0.1, -0.05) is 11.6 Å². The summed E-state index contributed by atoms with van der Waals surface area (Å²) in [7, 11) is 1.64. The lowest BCUT2D eigenvalue weighted by Crippen LogP contribution is -1.98. The van der Waals surface area contributed by atoms with E-state index < -0.39 is 0 Å². The number of hydrogen-bond acceptors (Lipinski definition) is 4. The number of ether oxygens (including phenoxy) is 1. The van der Waals surface area contributed by atoms with Crippen LogP contribution in [0.1, 0.15) is 5.56 Å². The first-order valence-electron chi connectivity index (χ1n) is 5.43. The van der Waals surface area contributed by atoms with Gasteiger partial charge in [-0.05, 0) is 36.8 Å². The number of methoxy groups -OCH3 is 1. The van der Waals surface area contributed by atoms with Gasteiger partial charge in [0.15, 0.2) is 0 Å². The van der Waals surface area contributed by atoms with Gasteiger partial charge in [0.2, 0.25) is 0 Å². The third-order valence-corrected chi connectivity index (χ3v) is 2.84. The summed E-state index contributed by atoms with van der Waals surface area (Å²) in [5.41, 5.74) is 8.11. The second-order valence-corrected chi connectivity index (χ2v) is 4.31. The van der Waals surface area contributed by atoms with Crippen LogP contribution in [0.3, 0.4) is 0 Å². The van der Waals surface area contributed by atoms with Crippen molar-refractivity contribution < 1.29 is 4.74 Å². The van der Waals surface area contributed by atoms with Crippen molar-refractivity contribution in [2.75, 3.05) is 18.2 Å². The van der Waals surface area contributed by atoms with Crippen molar-refractivity contribution >= 4 is 28.8 Å². The molecule has 0 saturated carbocycles. The smallest absolute Gasteiger partial charge is 0.149 e. The van der Waals surface area contributed by atoms with Crippen molar-refractivity contribution in [3.63, 3.8) is 0 Å². The van der Waals surface area contributed by atoms with Crippen LogP contribution in [-0.2, 0) is 0 Å². The Morgan fingerprint density at radius 2 is 2.11 bits per heavy atom. The Morgan fingerprint density at radius 3 is 2.72 bits per heavy atom. The molecule has 5 heteroatoms.